The van der Waals surface area contributed by atoms with Gasteiger partial charge in [0, 0.05) is 12.1 Å². The van der Waals surface area contributed by atoms with Crippen LogP contribution in [0.2, 0.25) is 0 Å². The minimum Gasteiger partial charge on any atom is -0.508 e. The Balaban J connectivity index is 1.89. The molecule has 0 aromatic heterocycles. The zero-order chi connectivity index (χ0) is 13.0. The van der Waals surface area contributed by atoms with Crippen molar-refractivity contribution in [3.05, 3.63) is 29.3 Å². The van der Waals surface area contributed by atoms with Crippen LogP contribution >= 0.6 is 11.8 Å². The number of hydrogen-bond acceptors (Lipinski definition) is 3. The zero-order valence-electron chi connectivity index (χ0n) is 11.3. The molecule has 0 saturated carbocycles. The van der Waals surface area contributed by atoms with E-state index in [1.54, 1.807) is 6.07 Å². The third-order valence-electron chi connectivity index (χ3n) is 3.59. The summed E-state index contributed by atoms with van der Waals surface area (Å²) in [5.74, 6) is 2.83. The standard InChI is InChI=1S/C15H23NOS/c1-3-18-9-8-11(2)16-15-7-4-12-10-13(17)5-6-14(12)15/h5-6,10-11,15-17H,3-4,7-9H2,1-2H3. The molecule has 0 fully saturated rings. The summed E-state index contributed by atoms with van der Waals surface area (Å²) in [6.07, 6.45) is 3.46. The zero-order valence-corrected chi connectivity index (χ0v) is 12.1. The Kier molecular flexibility index (Phi) is 4.95. The van der Waals surface area contributed by atoms with E-state index in [-0.39, 0.29) is 0 Å². The van der Waals surface area contributed by atoms with E-state index in [1.807, 2.05) is 17.8 Å². The largest absolute Gasteiger partial charge is 0.508 e. The summed E-state index contributed by atoms with van der Waals surface area (Å²) in [7, 11) is 0. The number of aryl methyl sites for hydroxylation is 1. The molecular weight excluding hydrogens is 242 g/mol. The topological polar surface area (TPSA) is 32.3 Å². The highest BCUT2D eigenvalue weighted by atomic mass is 32.2. The number of hydrogen-bond donors (Lipinski definition) is 2. The predicted molar refractivity (Wildman–Crippen MR) is 79.4 cm³/mol. The van der Waals surface area contributed by atoms with E-state index < -0.39 is 0 Å². The Labute approximate surface area is 114 Å². The Morgan fingerprint density at radius 1 is 1.50 bits per heavy atom. The van der Waals surface area contributed by atoms with Crippen molar-refractivity contribution in [1.82, 2.24) is 5.32 Å². The Morgan fingerprint density at radius 3 is 3.11 bits per heavy atom. The highest BCUT2D eigenvalue weighted by Gasteiger charge is 2.23. The lowest BCUT2D eigenvalue weighted by Gasteiger charge is -2.20. The predicted octanol–water partition coefficient (Wildman–Crippen LogP) is 3.50. The summed E-state index contributed by atoms with van der Waals surface area (Å²) in [6, 6.07) is 6.82. The first-order valence-electron chi connectivity index (χ1n) is 6.86. The highest BCUT2D eigenvalue weighted by molar-refractivity contribution is 7.99. The highest BCUT2D eigenvalue weighted by Crippen LogP contribution is 2.33. The summed E-state index contributed by atoms with van der Waals surface area (Å²) in [5, 5.41) is 13.2. The lowest BCUT2D eigenvalue weighted by molar-refractivity contribution is 0.446. The van der Waals surface area contributed by atoms with Gasteiger partial charge in [-0.25, -0.2) is 0 Å². The van der Waals surface area contributed by atoms with Crippen LogP contribution in [0.25, 0.3) is 0 Å². The van der Waals surface area contributed by atoms with Crippen LogP contribution in [0.4, 0.5) is 0 Å². The van der Waals surface area contributed by atoms with E-state index in [0.29, 0.717) is 17.8 Å². The number of rotatable bonds is 6. The molecule has 1 aliphatic rings. The van der Waals surface area contributed by atoms with Crippen LogP contribution in [0.3, 0.4) is 0 Å². The Bertz CT molecular complexity index is 394. The molecule has 1 aliphatic carbocycles. The van der Waals surface area contributed by atoms with Crippen molar-refractivity contribution in [3.63, 3.8) is 0 Å². The molecule has 0 saturated heterocycles. The summed E-state index contributed by atoms with van der Waals surface area (Å²) < 4.78 is 0. The second-order valence-corrected chi connectivity index (χ2v) is 6.42. The molecular formula is C15H23NOS. The van der Waals surface area contributed by atoms with Crippen LogP contribution in [0, 0.1) is 0 Å². The summed E-state index contributed by atoms with van der Waals surface area (Å²) in [6.45, 7) is 4.48. The molecule has 3 heteroatoms. The van der Waals surface area contributed by atoms with Crippen LogP contribution in [0.15, 0.2) is 18.2 Å². The van der Waals surface area contributed by atoms with E-state index in [4.69, 9.17) is 0 Å². The minimum atomic E-state index is 0.391. The van der Waals surface area contributed by atoms with Gasteiger partial charge in [-0.3, -0.25) is 0 Å². The van der Waals surface area contributed by atoms with Gasteiger partial charge in [-0.05, 0) is 61.0 Å². The number of nitrogens with one attached hydrogen (secondary N) is 1. The lowest BCUT2D eigenvalue weighted by Crippen LogP contribution is -2.29. The van der Waals surface area contributed by atoms with Crippen molar-refractivity contribution in [2.24, 2.45) is 0 Å². The van der Waals surface area contributed by atoms with Gasteiger partial charge in [0.15, 0.2) is 0 Å². The quantitative estimate of drug-likeness (QED) is 0.772. The number of benzene rings is 1. The summed E-state index contributed by atoms with van der Waals surface area (Å²) in [5.41, 5.74) is 2.69. The van der Waals surface area contributed by atoms with Crippen molar-refractivity contribution < 1.29 is 5.11 Å². The fraction of sp³-hybridized carbons (Fsp3) is 0.600. The average Bonchev–Trinajstić information content (AvgIpc) is 2.72. The number of fused-ring (bicyclic) bond motifs is 1. The van der Waals surface area contributed by atoms with Crippen LogP contribution in [0.1, 0.15) is 43.9 Å². The molecule has 100 valence electrons. The van der Waals surface area contributed by atoms with Crippen molar-refractivity contribution in [2.75, 3.05) is 11.5 Å². The molecule has 0 amide bonds. The monoisotopic (exact) mass is 265 g/mol. The Hall–Kier alpha value is -0.670. The first-order chi connectivity index (χ1) is 8.70. The first kappa shape index (κ1) is 13.8. The van der Waals surface area contributed by atoms with Crippen molar-refractivity contribution in [1.29, 1.82) is 0 Å². The smallest absolute Gasteiger partial charge is 0.115 e. The molecule has 0 bridgehead atoms. The van der Waals surface area contributed by atoms with E-state index in [1.165, 1.54) is 29.1 Å². The molecule has 0 aliphatic heterocycles. The molecule has 0 heterocycles. The maximum Gasteiger partial charge on any atom is 0.115 e. The lowest BCUT2D eigenvalue weighted by atomic mass is 10.1. The van der Waals surface area contributed by atoms with E-state index >= 15 is 0 Å². The molecule has 0 spiro atoms. The summed E-state index contributed by atoms with van der Waals surface area (Å²) >= 11 is 2.01. The van der Waals surface area contributed by atoms with E-state index in [9.17, 15) is 5.11 Å². The minimum absolute atomic E-state index is 0.391. The van der Waals surface area contributed by atoms with Crippen LogP contribution < -0.4 is 5.32 Å². The van der Waals surface area contributed by atoms with Gasteiger partial charge >= 0.3 is 0 Å². The van der Waals surface area contributed by atoms with Crippen molar-refractivity contribution in [3.8, 4) is 5.75 Å². The van der Waals surface area contributed by atoms with E-state index in [2.05, 4.69) is 25.2 Å². The van der Waals surface area contributed by atoms with Crippen LogP contribution in [0.5, 0.6) is 5.75 Å². The van der Waals surface area contributed by atoms with E-state index in [0.717, 1.165) is 12.8 Å². The Morgan fingerprint density at radius 2 is 2.33 bits per heavy atom. The van der Waals surface area contributed by atoms with Crippen molar-refractivity contribution >= 4 is 11.8 Å². The van der Waals surface area contributed by atoms with Crippen LogP contribution in [-0.4, -0.2) is 22.7 Å². The molecule has 2 unspecified atom stereocenters. The van der Waals surface area contributed by atoms with Gasteiger partial charge < -0.3 is 10.4 Å². The van der Waals surface area contributed by atoms with Gasteiger partial charge in [0.2, 0.25) is 0 Å². The van der Waals surface area contributed by atoms with Crippen LogP contribution in [-0.2, 0) is 6.42 Å². The fourth-order valence-corrected chi connectivity index (χ4v) is 3.42. The molecule has 2 N–H and O–H groups in total. The molecule has 1 aromatic carbocycles. The SMILES string of the molecule is CCSCCC(C)NC1CCc2cc(O)ccc21. The molecule has 0 radical (unpaired) electrons. The molecule has 1 aromatic rings. The summed E-state index contributed by atoms with van der Waals surface area (Å²) in [4.78, 5) is 0. The third kappa shape index (κ3) is 3.42. The first-order valence-corrected chi connectivity index (χ1v) is 8.01. The average molecular weight is 265 g/mol. The number of thioether (sulfide) groups is 1. The third-order valence-corrected chi connectivity index (χ3v) is 4.52. The normalized spacial score (nSPS) is 19.8. The molecule has 2 nitrogen and oxygen atoms in total. The van der Waals surface area contributed by atoms with Gasteiger partial charge in [0.05, 0.1) is 0 Å². The van der Waals surface area contributed by atoms with Gasteiger partial charge in [0.1, 0.15) is 5.75 Å². The molecule has 2 rings (SSSR count). The number of phenols is 1. The van der Waals surface area contributed by atoms with Gasteiger partial charge in [-0.15, -0.1) is 0 Å². The van der Waals surface area contributed by atoms with Gasteiger partial charge in [0.25, 0.3) is 0 Å². The van der Waals surface area contributed by atoms with Gasteiger partial charge in [-0.1, -0.05) is 13.0 Å². The fourth-order valence-electron chi connectivity index (χ4n) is 2.61. The maximum atomic E-state index is 9.48. The number of aromatic hydroxyl groups is 1. The second-order valence-electron chi connectivity index (χ2n) is 5.03. The van der Waals surface area contributed by atoms with Crippen molar-refractivity contribution in [2.45, 2.75) is 45.2 Å². The van der Waals surface area contributed by atoms with Gasteiger partial charge in [-0.2, -0.15) is 11.8 Å². The molecule has 18 heavy (non-hydrogen) atoms. The second kappa shape index (κ2) is 6.48. The maximum absolute atomic E-state index is 9.48. The molecule has 2 atom stereocenters. The number of phenolic OH excluding ortho intramolecular Hbond substituents is 1.